The number of alkyl halides is 1. The van der Waals surface area contributed by atoms with Crippen LogP contribution in [0.4, 0.5) is 4.39 Å². The van der Waals surface area contributed by atoms with Gasteiger partial charge in [-0.15, -0.1) is 0 Å². The molecule has 1 unspecified atom stereocenters. The van der Waals surface area contributed by atoms with Gasteiger partial charge in [-0.25, -0.2) is 4.39 Å². The smallest absolute Gasteiger partial charge is 0.179 e. The molecule has 0 aromatic rings. The van der Waals surface area contributed by atoms with Gasteiger partial charge < -0.3 is 9.53 Å². The summed E-state index contributed by atoms with van der Waals surface area (Å²) in [4.78, 5) is 0. The van der Waals surface area contributed by atoms with Crippen LogP contribution in [0.1, 0.15) is 20.8 Å². The summed E-state index contributed by atoms with van der Waals surface area (Å²) in [7, 11) is -1.29. The van der Waals surface area contributed by atoms with Crippen LogP contribution in [-0.2, 0) is 4.43 Å². The maximum absolute atomic E-state index is 11.8. The summed E-state index contributed by atoms with van der Waals surface area (Å²) in [6.07, 6.45) is -0.942. The van der Waals surface area contributed by atoms with Crippen molar-refractivity contribution in [3.8, 4) is 0 Å². The van der Waals surface area contributed by atoms with Crippen molar-refractivity contribution in [3.63, 3.8) is 0 Å². The zero-order chi connectivity index (χ0) is 9.78. The molecule has 0 aliphatic carbocycles. The molecule has 0 saturated heterocycles. The molecule has 0 radical (unpaired) electrons. The summed E-state index contributed by atoms with van der Waals surface area (Å²) in [6, 6.07) is 0. The Hall–Kier alpha value is 0.0669. The van der Waals surface area contributed by atoms with Gasteiger partial charge >= 0.3 is 0 Å². The number of rotatable bonds is 4. The summed E-state index contributed by atoms with van der Waals surface area (Å²) in [5.41, 5.74) is 0. The second-order valence-corrected chi connectivity index (χ2v) is 7.50. The molecule has 0 saturated carbocycles. The highest BCUT2D eigenvalue weighted by atomic mass is 28.3. The average Bonchev–Trinajstić information content (AvgIpc) is 1.97. The molecule has 0 fully saturated rings. The van der Waals surface area contributed by atoms with Crippen molar-refractivity contribution in [2.45, 2.75) is 38.5 Å². The molecule has 0 amide bonds. The Balaban J connectivity index is 3.64. The minimum Gasteiger partial charge on any atom is -0.417 e. The van der Waals surface area contributed by atoms with Gasteiger partial charge in [0.1, 0.15) is 12.8 Å². The fraction of sp³-hybridized carbons (Fsp3) is 1.00. The van der Waals surface area contributed by atoms with Crippen LogP contribution in [-0.4, -0.2) is 33.5 Å². The van der Waals surface area contributed by atoms with Crippen LogP contribution in [0.5, 0.6) is 0 Å². The Morgan fingerprint density at radius 3 is 2.33 bits per heavy atom. The average molecular weight is 194 g/mol. The highest BCUT2D eigenvalue weighted by Crippen LogP contribution is 2.27. The number of aliphatic hydroxyl groups excluding tert-OH is 1. The largest absolute Gasteiger partial charge is 0.417 e. The molecule has 0 spiro atoms. The van der Waals surface area contributed by atoms with Gasteiger partial charge in [0.05, 0.1) is 6.61 Å². The van der Waals surface area contributed by atoms with E-state index in [-0.39, 0.29) is 11.6 Å². The van der Waals surface area contributed by atoms with E-state index in [1.807, 2.05) is 0 Å². The fourth-order valence-corrected chi connectivity index (χ4v) is 1.56. The van der Waals surface area contributed by atoms with Gasteiger partial charge in [-0.05, 0) is 11.6 Å². The molecule has 0 aromatic heterocycles. The fourth-order valence-electron chi connectivity index (χ4n) is 0.550. The molecule has 2 nitrogen and oxygen atoms in total. The minimum absolute atomic E-state index is 0.140. The zero-order valence-electron chi connectivity index (χ0n) is 8.30. The maximum Gasteiger partial charge on any atom is 0.179 e. The minimum atomic E-state index is -1.29. The molecule has 0 aromatic carbocycles. The van der Waals surface area contributed by atoms with E-state index in [1.165, 1.54) is 0 Å². The number of aliphatic hydroxyl groups is 1. The Bertz CT molecular complexity index is 125. The highest BCUT2D eigenvalue weighted by Gasteiger charge is 2.23. The van der Waals surface area contributed by atoms with Gasteiger partial charge in [0.15, 0.2) is 9.04 Å². The van der Waals surface area contributed by atoms with Crippen LogP contribution in [0.2, 0.25) is 11.6 Å². The molecular weight excluding hydrogens is 175 g/mol. The van der Waals surface area contributed by atoms with Gasteiger partial charge in [0.25, 0.3) is 0 Å². The summed E-state index contributed by atoms with van der Waals surface area (Å²) in [6.45, 7) is 7.79. The third-order valence-electron chi connectivity index (χ3n) is 1.94. The predicted molar refractivity (Wildman–Crippen MR) is 50.7 cm³/mol. The number of halogens is 1. The Morgan fingerprint density at radius 1 is 1.50 bits per heavy atom. The standard InChI is InChI=1S/C8H19FO2Si/c1-8(2,3)12(4)11-6-7(10)5-9/h7,10,12H,5-6H2,1-4H3/t7-,12?/m0/s1. The van der Waals surface area contributed by atoms with Crippen molar-refractivity contribution in [1.29, 1.82) is 0 Å². The summed E-state index contributed by atoms with van der Waals surface area (Å²) in [5, 5.41) is 9.07. The van der Waals surface area contributed by atoms with Gasteiger partial charge in [0.2, 0.25) is 0 Å². The molecule has 0 rings (SSSR count). The first-order valence-electron chi connectivity index (χ1n) is 4.23. The lowest BCUT2D eigenvalue weighted by molar-refractivity contribution is 0.0815. The van der Waals surface area contributed by atoms with Crippen molar-refractivity contribution in [2.24, 2.45) is 0 Å². The van der Waals surface area contributed by atoms with E-state index in [1.54, 1.807) is 0 Å². The van der Waals surface area contributed by atoms with Crippen molar-refractivity contribution in [1.82, 2.24) is 0 Å². The van der Waals surface area contributed by atoms with E-state index in [0.29, 0.717) is 0 Å². The van der Waals surface area contributed by atoms with E-state index in [0.717, 1.165) is 0 Å². The number of hydrogen-bond donors (Lipinski definition) is 1. The summed E-state index contributed by atoms with van der Waals surface area (Å²) >= 11 is 0. The molecule has 12 heavy (non-hydrogen) atoms. The molecule has 4 heteroatoms. The second-order valence-electron chi connectivity index (χ2n) is 4.15. The quantitative estimate of drug-likeness (QED) is 0.687. The second kappa shape index (κ2) is 4.94. The Kier molecular flexibility index (Phi) is 4.97. The Morgan fingerprint density at radius 2 is 2.00 bits per heavy atom. The molecule has 0 heterocycles. The summed E-state index contributed by atoms with van der Waals surface area (Å²) < 4.78 is 17.2. The van der Waals surface area contributed by atoms with E-state index in [4.69, 9.17) is 9.53 Å². The normalized spacial score (nSPS) is 17.5. The Labute approximate surface area is 75.5 Å². The highest BCUT2D eigenvalue weighted by molar-refractivity contribution is 6.53. The zero-order valence-corrected chi connectivity index (χ0v) is 9.46. The van der Waals surface area contributed by atoms with Gasteiger partial charge in [0, 0.05) is 0 Å². The molecule has 0 aliphatic heterocycles. The third kappa shape index (κ3) is 4.85. The van der Waals surface area contributed by atoms with Crippen LogP contribution < -0.4 is 0 Å². The van der Waals surface area contributed by atoms with Crippen molar-refractivity contribution >= 4 is 9.04 Å². The monoisotopic (exact) mass is 194 g/mol. The van der Waals surface area contributed by atoms with Crippen molar-refractivity contribution < 1.29 is 13.9 Å². The molecule has 74 valence electrons. The van der Waals surface area contributed by atoms with Crippen LogP contribution >= 0.6 is 0 Å². The molecule has 1 N–H and O–H groups in total. The van der Waals surface area contributed by atoms with Crippen molar-refractivity contribution in [3.05, 3.63) is 0 Å². The predicted octanol–water partition coefficient (Wildman–Crippen LogP) is 1.49. The first kappa shape index (κ1) is 12.1. The first-order valence-corrected chi connectivity index (χ1v) is 6.44. The van der Waals surface area contributed by atoms with Gasteiger partial charge in [-0.2, -0.15) is 0 Å². The lowest BCUT2D eigenvalue weighted by atomic mass is 10.3. The topological polar surface area (TPSA) is 29.5 Å². The maximum atomic E-state index is 11.8. The van der Waals surface area contributed by atoms with E-state index < -0.39 is 21.8 Å². The van der Waals surface area contributed by atoms with E-state index >= 15 is 0 Å². The lowest BCUT2D eigenvalue weighted by Crippen LogP contribution is -2.30. The van der Waals surface area contributed by atoms with Gasteiger partial charge in [-0.3, -0.25) is 0 Å². The lowest BCUT2D eigenvalue weighted by Gasteiger charge is -2.26. The van der Waals surface area contributed by atoms with Crippen LogP contribution in [0.3, 0.4) is 0 Å². The first-order chi connectivity index (χ1) is 5.38. The van der Waals surface area contributed by atoms with Crippen LogP contribution in [0, 0.1) is 0 Å². The van der Waals surface area contributed by atoms with Crippen molar-refractivity contribution in [2.75, 3.05) is 13.3 Å². The number of hydrogen-bond acceptors (Lipinski definition) is 2. The SMILES string of the molecule is C[SiH](OC[C@@H](O)CF)C(C)(C)C. The molecule has 0 bridgehead atoms. The van der Waals surface area contributed by atoms with Crippen LogP contribution in [0.25, 0.3) is 0 Å². The van der Waals surface area contributed by atoms with E-state index in [2.05, 4.69) is 27.3 Å². The van der Waals surface area contributed by atoms with Crippen LogP contribution in [0.15, 0.2) is 0 Å². The van der Waals surface area contributed by atoms with Gasteiger partial charge in [-0.1, -0.05) is 20.8 Å². The molecule has 2 atom stereocenters. The molecule has 0 aliphatic rings. The summed E-state index contributed by atoms with van der Waals surface area (Å²) in [5.74, 6) is 0. The van der Waals surface area contributed by atoms with E-state index in [9.17, 15) is 4.39 Å². The third-order valence-corrected chi connectivity index (χ3v) is 5.07. The molecular formula is C8H19FO2Si.